The van der Waals surface area contributed by atoms with Crippen molar-refractivity contribution in [2.24, 2.45) is 0 Å². The van der Waals surface area contributed by atoms with Crippen LogP contribution in [0.1, 0.15) is 32.2 Å². The number of carbonyl (C=O) groups is 2. The van der Waals surface area contributed by atoms with Crippen molar-refractivity contribution in [2.75, 3.05) is 28.4 Å². The molecule has 0 aliphatic carbocycles. The van der Waals surface area contributed by atoms with Gasteiger partial charge in [0.2, 0.25) is 0 Å². The Morgan fingerprint density at radius 2 is 0.760 bits per heavy atom. The van der Waals surface area contributed by atoms with Crippen molar-refractivity contribution in [1.29, 1.82) is 0 Å². The van der Waals surface area contributed by atoms with Crippen LogP contribution < -0.4 is 30.5 Å². The van der Waals surface area contributed by atoms with E-state index < -0.39 is 11.5 Å². The van der Waals surface area contributed by atoms with E-state index in [1.165, 1.54) is 0 Å². The van der Waals surface area contributed by atoms with E-state index in [9.17, 15) is 19.2 Å². The zero-order chi connectivity index (χ0) is 35.6. The molecule has 0 radical (unpaired) electrons. The van der Waals surface area contributed by atoms with Crippen LogP contribution in [0.4, 0.5) is 0 Å². The van der Waals surface area contributed by atoms with Gasteiger partial charge in [0.05, 0.1) is 52.7 Å². The van der Waals surface area contributed by atoms with Gasteiger partial charge < -0.3 is 27.8 Å². The summed E-state index contributed by atoms with van der Waals surface area (Å²) in [6.45, 7) is 0. The number of benzene rings is 4. The van der Waals surface area contributed by atoms with Crippen LogP contribution in [0.5, 0.6) is 23.0 Å². The van der Waals surface area contributed by atoms with E-state index in [4.69, 9.17) is 27.8 Å². The molecule has 0 amide bonds. The van der Waals surface area contributed by atoms with E-state index in [-0.39, 0.29) is 24.4 Å². The molecule has 12 heteroatoms. The number of oxazole rings is 2. The van der Waals surface area contributed by atoms with E-state index >= 15 is 0 Å². The maximum absolute atomic E-state index is 12.5. The molecule has 0 fully saturated rings. The third-order valence-electron chi connectivity index (χ3n) is 7.67. The molecule has 2 aromatic heterocycles. The molecule has 0 saturated carbocycles. The number of Topliss-reactive ketones (excluding diaryl/α,β-unsaturated/α-hetero) is 2. The Balaban J connectivity index is 0.000000194. The van der Waals surface area contributed by atoms with Crippen molar-refractivity contribution in [3.63, 3.8) is 0 Å². The van der Waals surface area contributed by atoms with E-state index in [2.05, 4.69) is 9.97 Å². The molecular weight excluding hydrogens is 644 g/mol. The lowest BCUT2D eigenvalue weighted by atomic mass is 10.0. The van der Waals surface area contributed by atoms with Gasteiger partial charge in [-0.25, -0.2) is 9.59 Å². The lowest BCUT2D eigenvalue weighted by Gasteiger charge is -2.05. The zero-order valence-corrected chi connectivity index (χ0v) is 27.7. The maximum atomic E-state index is 12.5. The molecule has 0 spiro atoms. The number of H-pyrrole nitrogens is 2. The molecule has 12 nitrogen and oxygen atoms in total. The third kappa shape index (κ3) is 8.47. The van der Waals surface area contributed by atoms with Crippen LogP contribution in [-0.4, -0.2) is 50.0 Å². The van der Waals surface area contributed by atoms with Gasteiger partial charge in [-0.15, -0.1) is 0 Å². The number of carbonyl (C=O) groups excluding carboxylic acids is 2. The number of nitrogens with one attached hydrogen (secondary N) is 2. The van der Waals surface area contributed by atoms with Crippen LogP contribution in [0.15, 0.2) is 115 Å². The first-order valence-electron chi connectivity index (χ1n) is 15.3. The number of hydrogen-bond donors (Lipinski definition) is 2. The summed E-state index contributed by atoms with van der Waals surface area (Å²) < 4.78 is 30.8. The van der Waals surface area contributed by atoms with Crippen LogP contribution in [0.3, 0.4) is 0 Å². The molecule has 0 atom stereocenters. The van der Waals surface area contributed by atoms with Crippen LogP contribution in [0, 0.1) is 0 Å². The van der Waals surface area contributed by atoms with Crippen molar-refractivity contribution < 1.29 is 37.4 Å². The van der Waals surface area contributed by atoms with Gasteiger partial charge in [0, 0.05) is 22.3 Å². The van der Waals surface area contributed by atoms with Gasteiger partial charge >= 0.3 is 11.5 Å². The second-order valence-electron chi connectivity index (χ2n) is 10.7. The van der Waals surface area contributed by atoms with E-state index in [1.807, 2.05) is 0 Å². The molecule has 6 rings (SSSR count). The van der Waals surface area contributed by atoms with Crippen molar-refractivity contribution >= 4 is 11.6 Å². The Morgan fingerprint density at radius 1 is 0.480 bits per heavy atom. The highest BCUT2D eigenvalue weighted by Gasteiger charge is 2.19. The predicted molar refractivity (Wildman–Crippen MR) is 185 cm³/mol. The highest BCUT2D eigenvalue weighted by molar-refractivity contribution is 5.98. The fourth-order valence-electron chi connectivity index (χ4n) is 5.00. The first kappa shape index (κ1) is 34.8. The number of hydrogen-bond acceptors (Lipinski definition) is 10. The summed E-state index contributed by atoms with van der Waals surface area (Å²) in [6.07, 6.45) is -0.0428. The van der Waals surface area contributed by atoms with Gasteiger partial charge in [-0.1, -0.05) is 0 Å². The summed E-state index contributed by atoms with van der Waals surface area (Å²) in [7, 11) is 6.28. The monoisotopic (exact) mass is 678 g/mol. The smallest absolute Gasteiger partial charge is 0.416 e. The first-order chi connectivity index (χ1) is 24.2. The summed E-state index contributed by atoms with van der Waals surface area (Å²) in [4.78, 5) is 53.5. The highest BCUT2D eigenvalue weighted by atomic mass is 16.5. The van der Waals surface area contributed by atoms with E-state index in [0.29, 0.717) is 57.0 Å². The van der Waals surface area contributed by atoms with Crippen molar-refractivity contribution in [3.05, 3.63) is 141 Å². The minimum absolute atomic E-state index is 0.0214. The molecule has 0 aliphatic heterocycles. The van der Waals surface area contributed by atoms with Gasteiger partial charge in [0.1, 0.15) is 34.5 Å². The molecule has 50 heavy (non-hydrogen) atoms. The third-order valence-corrected chi connectivity index (χ3v) is 7.67. The second-order valence-corrected chi connectivity index (χ2v) is 10.7. The molecule has 2 N–H and O–H groups in total. The Morgan fingerprint density at radius 3 is 1.04 bits per heavy atom. The number of rotatable bonds is 12. The summed E-state index contributed by atoms with van der Waals surface area (Å²) in [5.74, 6) is 1.85. The summed E-state index contributed by atoms with van der Waals surface area (Å²) in [5, 5.41) is 0. The number of aromatic amines is 2. The quantitative estimate of drug-likeness (QED) is 0.143. The Bertz CT molecular complexity index is 2000. The van der Waals surface area contributed by atoms with Gasteiger partial charge in [0.15, 0.2) is 11.6 Å². The van der Waals surface area contributed by atoms with Gasteiger partial charge in [-0.3, -0.25) is 19.6 Å². The van der Waals surface area contributed by atoms with Crippen LogP contribution >= 0.6 is 0 Å². The van der Waals surface area contributed by atoms with E-state index in [0.717, 1.165) is 11.1 Å². The lowest BCUT2D eigenvalue weighted by molar-refractivity contribution is 0.0978. The minimum atomic E-state index is -0.594. The highest BCUT2D eigenvalue weighted by Crippen LogP contribution is 2.26. The molecule has 256 valence electrons. The van der Waals surface area contributed by atoms with Crippen molar-refractivity contribution in [1.82, 2.24) is 9.97 Å². The zero-order valence-electron chi connectivity index (χ0n) is 27.7. The fraction of sp³-hybridized carbons (Fsp3) is 0.158. The first-order valence-corrected chi connectivity index (χ1v) is 15.3. The molecule has 0 bridgehead atoms. The SMILES string of the molecule is COc1ccc(C(=O)Cc2oc(=O)[nH]c2-c2ccc(OC)cc2)cc1.COc1ccc(C(=O)Cc2oc(=O)[nH]c2-c2ccc(OC)cc2)cc1. The Hall–Kier alpha value is -6.56. The van der Waals surface area contributed by atoms with Crippen LogP contribution in [0.25, 0.3) is 22.5 Å². The van der Waals surface area contributed by atoms with Crippen LogP contribution in [0.2, 0.25) is 0 Å². The van der Waals surface area contributed by atoms with Crippen molar-refractivity contribution in [3.8, 4) is 45.5 Å². The molecule has 0 unspecified atom stereocenters. The normalized spacial score (nSPS) is 10.5. The molecule has 0 saturated heterocycles. The van der Waals surface area contributed by atoms with Crippen molar-refractivity contribution in [2.45, 2.75) is 12.8 Å². The summed E-state index contributed by atoms with van der Waals surface area (Å²) in [6, 6.07) is 27.8. The Labute approximate surface area is 286 Å². The molecule has 4 aromatic carbocycles. The molecule has 6 aromatic rings. The molecule has 2 heterocycles. The maximum Gasteiger partial charge on any atom is 0.416 e. The van der Waals surface area contributed by atoms with E-state index in [1.54, 1.807) is 126 Å². The predicted octanol–water partition coefficient (Wildman–Crippen LogP) is 6.16. The standard InChI is InChI=1S/2C19H17NO5/c2*1-23-14-7-3-12(4-8-14)16(21)11-17-18(20-19(22)25-17)13-5-9-15(24-2)10-6-13/h2*3-10H,11H2,1-2H3,(H,20,22). The topological polar surface area (TPSA) is 163 Å². The number of ether oxygens (including phenoxy) is 4. The lowest BCUT2D eigenvalue weighted by Crippen LogP contribution is -2.04. The van der Waals surface area contributed by atoms with Gasteiger partial charge in [-0.2, -0.15) is 0 Å². The minimum Gasteiger partial charge on any atom is -0.497 e. The summed E-state index contributed by atoms with van der Waals surface area (Å²) >= 11 is 0. The molecular formula is C38H34N2O10. The largest absolute Gasteiger partial charge is 0.497 e. The number of ketones is 2. The number of methoxy groups -OCH3 is 4. The Kier molecular flexibility index (Phi) is 11.1. The van der Waals surface area contributed by atoms with Gasteiger partial charge in [0.25, 0.3) is 0 Å². The average Bonchev–Trinajstić information content (AvgIpc) is 3.72. The van der Waals surface area contributed by atoms with Crippen LogP contribution in [-0.2, 0) is 12.8 Å². The summed E-state index contributed by atoms with van der Waals surface area (Å²) in [5.41, 5.74) is 3.51. The fourth-order valence-corrected chi connectivity index (χ4v) is 5.00. The number of aromatic nitrogens is 2. The van der Waals surface area contributed by atoms with Gasteiger partial charge in [-0.05, 0) is 97.1 Å². The average molecular weight is 679 g/mol. The second kappa shape index (κ2) is 16.0. The molecule has 0 aliphatic rings.